The molecule has 0 atom stereocenters. The van der Waals surface area contributed by atoms with E-state index in [1.807, 2.05) is 6.92 Å². The summed E-state index contributed by atoms with van der Waals surface area (Å²) < 4.78 is 5.15. The van der Waals surface area contributed by atoms with Gasteiger partial charge in [-0.3, -0.25) is 10.1 Å². The third-order valence-corrected chi connectivity index (χ3v) is 2.66. The number of anilines is 1. The van der Waals surface area contributed by atoms with E-state index in [9.17, 15) is 10.1 Å². The number of para-hydroxylation sites is 1. The zero-order chi connectivity index (χ0) is 13.1. The molecule has 1 heterocycles. The third-order valence-electron chi connectivity index (χ3n) is 2.66. The van der Waals surface area contributed by atoms with Crippen LogP contribution in [-0.2, 0) is 6.42 Å². The lowest BCUT2D eigenvalue weighted by Crippen LogP contribution is -1.95. The SMILES string of the molecule is CCCc1c(N)noc1-c1ccccc1[N+](=O)[O-]. The fourth-order valence-electron chi connectivity index (χ4n) is 1.85. The zero-order valence-electron chi connectivity index (χ0n) is 9.92. The molecule has 6 heteroatoms. The maximum atomic E-state index is 11.0. The number of nitrogens with two attached hydrogens (primary N) is 1. The van der Waals surface area contributed by atoms with Gasteiger partial charge in [-0.2, -0.15) is 0 Å². The van der Waals surface area contributed by atoms with E-state index in [2.05, 4.69) is 5.16 Å². The van der Waals surface area contributed by atoms with Gasteiger partial charge in [0.2, 0.25) is 0 Å². The minimum atomic E-state index is -0.441. The molecule has 0 radical (unpaired) electrons. The first-order valence-electron chi connectivity index (χ1n) is 5.63. The standard InChI is InChI=1S/C12H13N3O3/c1-2-5-9-11(18-14-12(9)13)8-6-3-4-7-10(8)15(16)17/h3-4,6-7H,2,5H2,1H3,(H2,13,14). The zero-order valence-corrected chi connectivity index (χ0v) is 9.92. The molecule has 18 heavy (non-hydrogen) atoms. The summed E-state index contributed by atoms with van der Waals surface area (Å²) in [5, 5.41) is 14.7. The van der Waals surface area contributed by atoms with Gasteiger partial charge in [0.05, 0.1) is 10.5 Å². The fourth-order valence-corrected chi connectivity index (χ4v) is 1.85. The Hall–Kier alpha value is -2.37. The van der Waals surface area contributed by atoms with E-state index in [4.69, 9.17) is 10.3 Å². The van der Waals surface area contributed by atoms with Gasteiger partial charge < -0.3 is 10.3 Å². The Morgan fingerprint density at radius 2 is 2.17 bits per heavy atom. The second-order valence-electron chi connectivity index (χ2n) is 3.90. The Morgan fingerprint density at radius 3 is 2.83 bits per heavy atom. The van der Waals surface area contributed by atoms with E-state index in [1.165, 1.54) is 6.07 Å². The molecule has 0 bridgehead atoms. The fraction of sp³-hybridized carbons (Fsp3) is 0.250. The van der Waals surface area contributed by atoms with Crippen LogP contribution in [0.5, 0.6) is 0 Å². The first kappa shape index (κ1) is 12.1. The lowest BCUT2D eigenvalue weighted by Gasteiger charge is -2.01. The van der Waals surface area contributed by atoms with Crippen molar-refractivity contribution in [1.29, 1.82) is 0 Å². The van der Waals surface area contributed by atoms with Crippen LogP contribution in [-0.4, -0.2) is 10.1 Å². The smallest absolute Gasteiger partial charge is 0.280 e. The highest BCUT2D eigenvalue weighted by Gasteiger charge is 2.22. The van der Waals surface area contributed by atoms with Crippen LogP contribution >= 0.6 is 0 Å². The number of nitro benzene ring substituents is 1. The summed E-state index contributed by atoms with van der Waals surface area (Å²) in [7, 11) is 0. The molecule has 0 aliphatic carbocycles. The lowest BCUT2D eigenvalue weighted by atomic mass is 10.0. The van der Waals surface area contributed by atoms with Crippen molar-refractivity contribution in [2.45, 2.75) is 19.8 Å². The van der Waals surface area contributed by atoms with E-state index < -0.39 is 4.92 Å². The van der Waals surface area contributed by atoms with Crippen molar-refractivity contribution >= 4 is 11.5 Å². The van der Waals surface area contributed by atoms with Crippen molar-refractivity contribution in [3.8, 4) is 11.3 Å². The molecule has 1 aromatic carbocycles. The van der Waals surface area contributed by atoms with Crippen molar-refractivity contribution in [3.63, 3.8) is 0 Å². The summed E-state index contributed by atoms with van der Waals surface area (Å²) >= 11 is 0. The number of nitrogen functional groups attached to an aromatic ring is 1. The normalized spacial score (nSPS) is 10.5. The summed E-state index contributed by atoms with van der Waals surface area (Å²) in [5.41, 5.74) is 6.85. The molecule has 0 spiro atoms. The molecule has 2 N–H and O–H groups in total. The first-order valence-corrected chi connectivity index (χ1v) is 5.63. The third kappa shape index (κ3) is 2.04. The molecule has 0 unspecified atom stereocenters. The molecule has 94 valence electrons. The Balaban J connectivity index is 2.58. The van der Waals surface area contributed by atoms with Crippen LogP contribution in [0.3, 0.4) is 0 Å². The summed E-state index contributed by atoms with van der Waals surface area (Å²) in [4.78, 5) is 10.5. The van der Waals surface area contributed by atoms with E-state index >= 15 is 0 Å². The van der Waals surface area contributed by atoms with Gasteiger partial charge in [-0.1, -0.05) is 30.6 Å². The minimum absolute atomic E-state index is 0.00833. The van der Waals surface area contributed by atoms with E-state index in [1.54, 1.807) is 18.2 Å². The highest BCUT2D eigenvalue weighted by Crippen LogP contribution is 2.34. The van der Waals surface area contributed by atoms with Gasteiger partial charge in [0, 0.05) is 11.6 Å². The van der Waals surface area contributed by atoms with Crippen molar-refractivity contribution < 1.29 is 9.45 Å². The van der Waals surface area contributed by atoms with Crippen LogP contribution in [0.15, 0.2) is 28.8 Å². The topological polar surface area (TPSA) is 95.2 Å². The quantitative estimate of drug-likeness (QED) is 0.662. The minimum Gasteiger partial charge on any atom is -0.381 e. The molecule has 1 aromatic heterocycles. The Kier molecular flexibility index (Phi) is 3.27. The molecule has 6 nitrogen and oxygen atoms in total. The van der Waals surface area contributed by atoms with Gasteiger partial charge in [0.15, 0.2) is 11.6 Å². The molecular weight excluding hydrogens is 234 g/mol. The second kappa shape index (κ2) is 4.87. The van der Waals surface area contributed by atoms with Crippen LogP contribution in [0.4, 0.5) is 11.5 Å². The molecule has 0 saturated carbocycles. The van der Waals surface area contributed by atoms with E-state index in [0.29, 0.717) is 23.6 Å². The summed E-state index contributed by atoms with van der Waals surface area (Å²) in [6.45, 7) is 2.00. The van der Waals surface area contributed by atoms with E-state index in [0.717, 1.165) is 12.0 Å². The van der Waals surface area contributed by atoms with Gasteiger partial charge in [0.25, 0.3) is 5.69 Å². The van der Waals surface area contributed by atoms with Gasteiger partial charge in [0.1, 0.15) is 0 Å². The molecule has 2 rings (SSSR count). The number of nitrogens with zero attached hydrogens (tertiary/aromatic N) is 2. The largest absolute Gasteiger partial charge is 0.381 e. The lowest BCUT2D eigenvalue weighted by molar-refractivity contribution is -0.384. The first-order chi connectivity index (χ1) is 8.65. The van der Waals surface area contributed by atoms with Crippen molar-refractivity contribution in [2.24, 2.45) is 0 Å². The predicted molar refractivity (Wildman–Crippen MR) is 67.0 cm³/mol. The van der Waals surface area contributed by atoms with Crippen LogP contribution in [0, 0.1) is 10.1 Å². The van der Waals surface area contributed by atoms with Gasteiger partial charge >= 0.3 is 0 Å². The van der Waals surface area contributed by atoms with Crippen molar-refractivity contribution in [2.75, 3.05) is 5.73 Å². The second-order valence-corrected chi connectivity index (χ2v) is 3.90. The monoisotopic (exact) mass is 247 g/mol. The number of rotatable bonds is 4. The summed E-state index contributed by atoms with van der Waals surface area (Å²) in [5.74, 6) is 0.687. The van der Waals surface area contributed by atoms with Crippen LogP contribution in [0.2, 0.25) is 0 Å². The van der Waals surface area contributed by atoms with Crippen LogP contribution in [0.1, 0.15) is 18.9 Å². The molecular formula is C12H13N3O3. The number of benzene rings is 1. The predicted octanol–water partition coefficient (Wildman–Crippen LogP) is 2.78. The maximum absolute atomic E-state index is 11.0. The molecule has 0 amide bonds. The summed E-state index contributed by atoms with van der Waals surface area (Å²) in [6.07, 6.45) is 1.54. The number of hydrogen-bond acceptors (Lipinski definition) is 5. The highest BCUT2D eigenvalue weighted by molar-refractivity contribution is 5.74. The number of nitro groups is 1. The molecule has 0 aliphatic rings. The van der Waals surface area contributed by atoms with Crippen molar-refractivity contribution in [3.05, 3.63) is 39.9 Å². The van der Waals surface area contributed by atoms with Gasteiger partial charge in [-0.05, 0) is 12.5 Å². The Morgan fingerprint density at radius 1 is 1.44 bits per heavy atom. The average Bonchev–Trinajstić information content (AvgIpc) is 2.72. The van der Waals surface area contributed by atoms with E-state index in [-0.39, 0.29) is 5.69 Å². The molecule has 2 aromatic rings. The Bertz CT molecular complexity index is 578. The molecule has 0 saturated heterocycles. The van der Waals surface area contributed by atoms with Crippen LogP contribution in [0.25, 0.3) is 11.3 Å². The van der Waals surface area contributed by atoms with Crippen molar-refractivity contribution in [1.82, 2.24) is 5.16 Å². The van der Waals surface area contributed by atoms with Crippen LogP contribution < -0.4 is 5.73 Å². The highest BCUT2D eigenvalue weighted by atomic mass is 16.6. The maximum Gasteiger partial charge on any atom is 0.280 e. The molecule has 0 fully saturated rings. The van der Waals surface area contributed by atoms with Gasteiger partial charge in [-0.15, -0.1) is 0 Å². The average molecular weight is 247 g/mol. The molecule has 0 aliphatic heterocycles. The number of hydrogen-bond donors (Lipinski definition) is 1. The Labute approximate surface area is 104 Å². The number of aromatic nitrogens is 1. The summed E-state index contributed by atoms with van der Waals surface area (Å²) in [6, 6.07) is 6.40. The van der Waals surface area contributed by atoms with Gasteiger partial charge in [-0.25, -0.2) is 0 Å².